The van der Waals surface area contributed by atoms with Gasteiger partial charge in [0.15, 0.2) is 0 Å². The minimum atomic E-state index is -0.855. The first-order valence-electron chi connectivity index (χ1n) is 10.7. The van der Waals surface area contributed by atoms with Gasteiger partial charge >= 0.3 is 11.9 Å². The first kappa shape index (κ1) is 23.7. The van der Waals surface area contributed by atoms with Crippen LogP contribution in [-0.2, 0) is 19.7 Å². The van der Waals surface area contributed by atoms with Crippen molar-refractivity contribution < 1.29 is 19.4 Å². The van der Waals surface area contributed by atoms with Gasteiger partial charge in [0.2, 0.25) is 0 Å². The van der Waals surface area contributed by atoms with Crippen molar-refractivity contribution in [3.05, 3.63) is 71.8 Å². The Morgan fingerprint density at radius 3 is 2.03 bits per heavy atom. The summed E-state index contributed by atoms with van der Waals surface area (Å²) >= 11 is 0. The van der Waals surface area contributed by atoms with Crippen LogP contribution >= 0.6 is 0 Å². The van der Waals surface area contributed by atoms with Crippen LogP contribution in [-0.4, -0.2) is 24.2 Å². The van der Waals surface area contributed by atoms with Crippen molar-refractivity contribution in [1.29, 1.82) is 0 Å². The van der Waals surface area contributed by atoms with Gasteiger partial charge in [-0.2, -0.15) is 0 Å². The fourth-order valence-corrected chi connectivity index (χ4v) is 4.49. The smallest absolute Gasteiger partial charge is 0.308 e. The summed E-state index contributed by atoms with van der Waals surface area (Å²) in [7, 11) is 1.36. The molecule has 2 aromatic carbocycles. The van der Waals surface area contributed by atoms with Crippen LogP contribution in [0.5, 0.6) is 0 Å². The van der Waals surface area contributed by atoms with Crippen molar-refractivity contribution in [2.24, 2.45) is 11.8 Å². The third-order valence-corrected chi connectivity index (χ3v) is 6.24. The minimum Gasteiger partial charge on any atom is -0.481 e. The minimum absolute atomic E-state index is 0.272. The van der Waals surface area contributed by atoms with Gasteiger partial charge < -0.3 is 9.84 Å². The van der Waals surface area contributed by atoms with Crippen molar-refractivity contribution in [3.63, 3.8) is 0 Å². The molecule has 4 nitrogen and oxygen atoms in total. The van der Waals surface area contributed by atoms with E-state index in [1.165, 1.54) is 12.7 Å². The molecule has 0 aliphatic heterocycles. The predicted molar refractivity (Wildman–Crippen MR) is 119 cm³/mol. The molecule has 4 atom stereocenters. The van der Waals surface area contributed by atoms with Crippen LogP contribution in [0.1, 0.15) is 63.5 Å². The quantitative estimate of drug-likeness (QED) is 0.474. The number of esters is 1. The van der Waals surface area contributed by atoms with E-state index in [4.69, 9.17) is 4.74 Å². The molecule has 162 valence electrons. The maximum atomic E-state index is 12.2. The first-order chi connectivity index (χ1) is 14.3. The molecule has 0 saturated heterocycles. The summed E-state index contributed by atoms with van der Waals surface area (Å²) in [6.45, 7) is 6.24. The zero-order valence-electron chi connectivity index (χ0n) is 18.5. The summed E-state index contributed by atoms with van der Waals surface area (Å²) < 4.78 is 4.89. The third kappa shape index (κ3) is 6.19. The molecule has 0 aliphatic carbocycles. The summed E-state index contributed by atoms with van der Waals surface area (Å²) in [5.74, 6) is -1.94. The number of ether oxygens (including phenoxy) is 1. The molecule has 0 radical (unpaired) electrons. The monoisotopic (exact) mass is 410 g/mol. The first-order valence-corrected chi connectivity index (χ1v) is 10.7. The summed E-state index contributed by atoms with van der Waals surface area (Å²) in [5.41, 5.74) is 2.03. The average Bonchev–Trinajstić information content (AvgIpc) is 2.77. The zero-order chi connectivity index (χ0) is 22.1. The van der Waals surface area contributed by atoms with Crippen molar-refractivity contribution in [3.8, 4) is 0 Å². The van der Waals surface area contributed by atoms with E-state index in [2.05, 4.69) is 38.1 Å². The second-order valence-electron chi connectivity index (χ2n) is 8.55. The fraction of sp³-hybridized carbons (Fsp3) is 0.462. The van der Waals surface area contributed by atoms with E-state index >= 15 is 0 Å². The molecule has 1 N–H and O–H groups in total. The zero-order valence-corrected chi connectivity index (χ0v) is 18.5. The number of carboxylic acids is 1. The summed E-state index contributed by atoms with van der Waals surface area (Å²) in [6.07, 6.45) is 2.15. The highest BCUT2D eigenvalue weighted by molar-refractivity contribution is 5.75. The van der Waals surface area contributed by atoms with E-state index in [9.17, 15) is 14.7 Å². The molecule has 0 amide bonds. The Morgan fingerprint density at radius 1 is 0.967 bits per heavy atom. The largest absolute Gasteiger partial charge is 0.481 e. The standard InChI is InChI=1S/C26H34O4/c1-5-20(25(29)30-4)16-22(24(27)28)18-26(3,23-14-10-7-11-15-23)17-19(2)21-12-8-6-9-13-21/h6-15,19-20,22H,5,16-18H2,1-4H3,(H,27,28). The Morgan fingerprint density at radius 2 is 1.53 bits per heavy atom. The molecule has 2 rings (SSSR count). The molecule has 30 heavy (non-hydrogen) atoms. The van der Waals surface area contributed by atoms with Crippen molar-refractivity contribution in [2.45, 2.75) is 57.8 Å². The highest BCUT2D eigenvalue weighted by Crippen LogP contribution is 2.41. The lowest BCUT2D eigenvalue weighted by Crippen LogP contribution is -2.33. The summed E-state index contributed by atoms with van der Waals surface area (Å²) in [6, 6.07) is 20.4. The Labute approximate surface area is 180 Å². The topological polar surface area (TPSA) is 63.6 Å². The maximum Gasteiger partial charge on any atom is 0.308 e. The highest BCUT2D eigenvalue weighted by atomic mass is 16.5. The second-order valence-corrected chi connectivity index (χ2v) is 8.55. The lowest BCUT2D eigenvalue weighted by Gasteiger charge is -2.36. The number of carboxylic acid groups (broad SMARTS) is 1. The number of carbonyl (C=O) groups excluding carboxylic acids is 1. The van der Waals surface area contributed by atoms with E-state index in [-0.39, 0.29) is 17.3 Å². The summed E-state index contributed by atoms with van der Waals surface area (Å²) in [4.78, 5) is 24.3. The van der Waals surface area contributed by atoms with E-state index in [1.807, 2.05) is 43.3 Å². The van der Waals surface area contributed by atoms with Gasteiger partial charge in [0.1, 0.15) is 0 Å². The third-order valence-electron chi connectivity index (χ3n) is 6.24. The average molecular weight is 411 g/mol. The molecule has 0 fully saturated rings. The Bertz CT molecular complexity index is 802. The van der Waals surface area contributed by atoms with Crippen LogP contribution in [0.4, 0.5) is 0 Å². The normalized spacial score (nSPS) is 16.1. The number of methoxy groups -OCH3 is 1. The lowest BCUT2D eigenvalue weighted by atomic mass is 9.68. The van der Waals surface area contributed by atoms with E-state index in [0.717, 1.165) is 12.0 Å². The van der Waals surface area contributed by atoms with Gasteiger partial charge in [-0.25, -0.2) is 0 Å². The number of aliphatic carboxylic acids is 1. The molecule has 0 heterocycles. The summed E-state index contributed by atoms with van der Waals surface area (Å²) in [5, 5.41) is 9.98. The van der Waals surface area contributed by atoms with E-state index in [1.54, 1.807) is 0 Å². The van der Waals surface area contributed by atoms with Gasteiger partial charge in [0.05, 0.1) is 18.9 Å². The van der Waals surface area contributed by atoms with Gasteiger partial charge in [0, 0.05) is 0 Å². The number of carbonyl (C=O) groups is 2. The van der Waals surface area contributed by atoms with Gasteiger partial charge in [-0.1, -0.05) is 81.4 Å². The van der Waals surface area contributed by atoms with Crippen LogP contribution in [0.15, 0.2) is 60.7 Å². The van der Waals surface area contributed by atoms with Crippen LogP contribution in [0.25, 0.3) is 0 Å². The highest BCUT2D eigenvalue weighted by Gasteiger charge is 2.36. The predicted octanol–water partition coefficient (Wildman–Crippen LogP) is 5.82. The molecule has 0 aliphatic rings. The van der Waals surface area contributed by atoms with Gasteiger partial charge in [-0.05, 0) is 48.1 Å². The number of rotatable bonds is 11. The fourth-order valence-electron chi connectivity index (χ4n) is 4.49. The molecule has 4 unspecified atom stereocenters. The number of benzene rings is 2. The van der Waals surface area contributed by atoms with Crippen molar-refractivity contribution in [2.75, 3.05) is 7.11 Å². The molecular weight excluding hydrogens is 376 g/mol. The Kier molecular flexibility index (Phi) is 8.64. The van der Waals surface area contributed by atoms with Gasteiger partial charge in [-0.3, -0.25) is 9.59 Å². The SMILES string of the molecule is CCC(CC(CC(C)(CC(C)c1ccccc1)c1ccccc1)C(=O)O)C(=O)OC. The number of hydrogen-bond acceptors (Lipinski definition) is 3. The maximum absolute atomic E-state index is 12.2. The van der Waals surface area contributed by atoms with Gasteiger partial charge in [-0.15, -0.1) is 0 Å². The van der Waals surface area contributed by atoms with E-state index < -0.39 is 17.8 Å². The molecule has 0 aromatic heterocycles. The Hall–Kier alpha value is -2.62. The van der Waals surface area contributed by atoms with Crippen LogP contribution in [0.3, 0.4) is 0 Å². The van der Waals surface area contributed by atoms with Crippen molar-refractivity contribution in [1.82, 2.24) is 0 Å². The molecule has 0 saturated carbocycles. The van der Waals surface area contributed by atoms with Gasteiger partial charge in [0.25, 0.3) is 0 Å². The van der Waals surface area contributed by atoms with Crippen LogP contribution < -0.4 is 0 Å². The molecule has 0 bridgehead atoms. The second kappa shape index (κ2) is 11.0. The van der Waals surface area contributed by atoms with Crippen molar-refractivity contribution >= 4 is 11.9 Å². The lowest BCUT2D eigenvalue weighted by molar-refractivity contribution is -0.148. The molecule has 0 spiro atoms. The number of hydrogen-bond donors (Lipinski definition) is 1. The molecule has 2 aromatic rings. The van der Waals surface area contributed by atoms with Crippen LogP contribution in [0, 0.1) is 11.8 Å². The van der Waals surface area contributed by atoms with E-state index in [0.29, 0.717) is 19.3 Å². The molecule has 4 heteroatoms. The van der Waals surface area contributed by atoms with Crippen LogP contribution in [0.2, 0.25) is 0 Å². The molecular formula is C26H34O4. The Balaban J connectivity index is 2.33.